The van der Waals surface area contributed by atoms with Gasteiger partial charge in [0.15, 0.2) is 5.54 Å². The van der Waals surface area contributed by atoms with E-state index in [4.69, 9.17) is 5.73 Å². The van der Waals surface area contributed by atoms with E-state index in [0.29, 0.717) is 16.6 Å². The average molecular weight is 467 g/mol. The lowest BCUT2D eigenvalue weighted by Crippen LogP contribution is -2.33. The first kappa shape index (κ1) is 20.6. The van der Waals surface area contributed by atoms with E-state index in [2.05, 4.69) is 41.8 Å². The molecule has 0 aliphatic carbocycles. The zero-order valence-electron chi connectivity index (χ0n) is 15.0. The SMILES string of the molecule is CC(C#N)(CN=C(N)c1ccc(OC(F)(F)F)cc1)n1cc2ncc(Br)cc2n1. The Kier molecular flexibility index (Phi) is 5.48. The monoisotopic (exact) mass is 466 g/mol. The van der Waals surface area contributed by atoms with E-state index in [9.17, 15) is 18.4 Å². The van der Waals surface area contributed by atoms with Crippen molar-refractivity contribution in [3.63, 3.8) is 0 Å². The summed E-state index contributed by atoms with van der Waals surface area (Å²) >= 11 is 3.32. The number of aliphatic imine (C=N–C) groups is 1. The minimum Gasteiger partial charge on any atom is -0.406 e. The zero-order chi connectivity index (χ0) is 21.2. The van der Waals surface area contributed by atoms with Crippen LogP contribution in [0.4, 0.5) is 13.2 Å². The second-order valence-electron chi connectivity index (χ2n) is 6.29. The summed E-state index contributed by atoms with van der Waals surface area (Å²) in [6, 6.07) is 8.93. The summed E-state index contributed by atoms with van der Waals surface area (Å²) in [5, 5.41) is 14.1. The molecule has 0 saturated carbocycles. The summed E-state index contributed by atoms with van der Waals surface area (Å²) in [5.74, 6) is -0.291. The smallest absolute Gasteiger partial charge is 0.406 e. The Morgan fingerprint density at radius 3 is 2.62 bits per heavy atom. The van der Waals surface area contributed by atoms with Gasteiger partial charge in [-0.1, -0.05) is 0 Å². The average Bonchev–Trinajstić information content (AvgIpc) is 3.09. The molecule has 1 unspecified atom stereocenters. The molecule has 0 bridgehead atoms. The number of amidine groups is 1. The van der Waals surface area contributed by atoms with Gasteiger partial charge in [0, 0.05) is 16.2 Å². The number of nitriles is 1. The molecule has 3 aromatic rings. The van der Waals surface area contributed by atoms with E-state index in [-0.39, 0.29) is 18.1 Å². The highest BCUT2D eigenvalue weighted by atomic mass is 79.9. The van der Waals surface area contributed by atoms with Crippen LogP contribution in [0.3, 0.4) is 0 Å². The number of hydrogen-bond donors (Lipinski definition) is 1. The number of fused-ring (bicyclic) bond motifs is 1. The van der Waals surface area contributed by atoms with Gasteiger partial charge in [0.2, 0.25) is 0 Å². The van der Waals surface area contributed by atoms with Crippen molar-refractivity contribution >= 4 is 32.8 Å². The van der Waals surface area contributed by atoms with Crippen molar-refractivity contribution < 1.29 is 17.9 Å². The van der Waals surface area contributed by atoms with Crippen LogP contribution in [0, 0.1) is 11.3 Å². The molecule has 2 heterocycles. The number of aromatic nitrogens is 3. The first-order valence-electron chi connectivity index (χ1n) is 8.18. The molecular formula is C18H14BrF3N6O. The predicted molar refractivity (Wildman–Crippen MR) is 103 cm³/mol. The molecule has 0 spiro atoms. The van der Waals surface area contributed by atoms with Gasteiger partial charge in [0.1, 0.15) is 22.6 Å². The van der Waals surface area contributed by atoms with Gasteiger partial charge in [-0.25, -0.2) is 4.68 Å². The molecule has 11 heteroatoms. The van der Waals surface area contributed by atoms with Gasteiger partial charge in [-0.05, 0) is 53.2 Å². The van der Waals surface area contributed by atoms with Crippen molar-refractivity contribution in [1.82, 2.24) is 14.8 Å². The van der Waals surface area contributed by atoms with E-state index in [1.165, 1.54) is 16.8 Å². The largest absolute Gasteiger partial charge is 0.573 e. The first-order chi connectivity index (χ1) is 13.6. The molecule has 1 aromatic carbocycles. The van der Waals surface area contributed by atoms with Crippen LogP contribution >= 0.6 is 15.9 Å². The molecular weight excluding hydrogens is 453 g/mol. The lowest BCUT2D eigenvalue weighted by molar-refractivity contribution is -0.274. The minimum absolute atomic E-state index is 0.0225. The molecule has 0 aliphatic rings. The van der Waals surface area contributed by atoms with Gasteiger partial charge >= 0.3 is 6.36 Å². The van der Waals surface area contributed by atoms with Crippen LogP contribution in [0.5, 0.6) is 5.75 Å². The summed E-state index contributed by atoms with van der Waals surface area (Å²) in [4.78, 5) is 8.46. The number of alkyl halides is 3. The second-order valence-corrected chi connectivity index (χ2v) is 7.21. The molecule has 0 aliphatic heterocycles. The third-order valence-electron chi connectivity index (χ3n) is 4.01. The third-order valence-corrected chi connectivity index (χ3v) is 4.45. The number of hydrogen-bond acceptors (Lipinski definition) is 5. The molecule has 0 saturated heterocycles. The fourth-order valence-electron chi connectivity index (χ4n) is 2.45. The second kappa shape index (κ2) is 7.71. The summed E-state index contributed by atoms with van der Waals surface area (Å²) in [7, 11) is 0. The molecule has 2 N–H and O–H groups in total. The molecule has 2 aromatic heterocycles. The van der Waals surface area contributed by atoms with Gasteiger partial charge in [-0.15, -0.1) is 13.2 Å². The van der Waals surface area contributed by atoms with E-state index in [1.807, 2.05) is 0 Å². The Morgan fingerprint density at radius 1 is 1.31 bits per heavy atom. The van der Waals surface area contributed by atoms with Crippen LogP contribution in [0.1, 0.15) is 12.5 Å². The highest BCUT2D eigenvalue weighted by molar-refractivity contribution is 9.10. The number of rotatable bonds is 5. The maximum Gasteiger partial charge on any atom is 0.573 e. The lowest BCUT2D eigenvalue weighted by atomic mass is 10.1. The van der Waals surface area contributed by atoms with E-state index in [1.54, 1.807) is 25.4 Å². The molecule has 150 valence electrons. The first-order valence-corrected chi connectivity index (χ1v) is 8.98. The van der Waals surface area contributed by atoms with E-state index in [0.717, 1.165) is 16.6 Å². The summed E-state index contributed by atoms with van der Waals surface area (Å²) in [5.41, 5.74) is 6.42. The van der Waals surface area contributed by atoms with Crippen LogP contribution in [0.2, 0.25) is 0 Å². The number of nitrogens with two attached hydrogens (primary N) is 1. The molecule has 3 rings (SSSR count). The number of nitrogens with zero attached hydrogens (tertiary/aromatic N) is 5. The number of ether oxygens (including phenoxy) is 1. The van der Waals surface area contributed by atoms with Crippen molar-refractivity contribution in [2.45, 2.75) is 18.8 Å². The summed E-state index contributed by atoms with van der Waals surface area (Å²) < 4.78 is 42.7. The number of benzene rings is 1. The number of pyridine rings is 1. The summed E-state index contributed by atoms with van der Waals surface area (Å²) in [6.45, 7) is 1.62. The van der Waals surface area contributed by atoms with Gasteiger partial charge in [-0.2, -0.15) is 10.4 Å². The van der Waals surface area contributed by atoms with Crippen molar-refractivity contribution in [1.29, 1.82) is 5.26 Å². The molecule has 7 nitrogen and oxygen atoms in total. The van der Waals surface area contributed by atoms with Crippen molar-refractivity contribution in [3.8, 4) is 11.8 Å². The Morgan fingerprint density at radius 2 is 2.00 bits per heavy atom. The Balaban J connectivity index is 1.80. The van der Waals surface area contributed by atoms with Crippen LogP contribution in [0.15, 0.2) is 52.2 Å². The maximum absolute atomic E-state index is 12.2. The van der Waals surface area contributed by atoms with Crippen molar-refractivity contribution in [2.75, 3.05) is 6.54 Å². The van der Waals surface area contributed by atoms with Crippen molar-refractivity contribution in [3.05, 3.63) is 52.8 Å². The number of halogens is 4. The van der Waals surface area contributed by atoms with Crippen LogP contribution in [-0.4, -0.2) is 33.5 Å². The lowest BCUT2D eigenvalue weighted by Gasteiger charge is -2.20. The molecule has 0 amide bonds. The summed E-state index contributed by atoms with van der Waals surface area (Å²) in [6.07, 6.45) is -1.51. The van der Waals surface area contributed by atoms with Gasteiger partial charge in [0.25, 0.3) is 0 Å². The molecule has 1 atom stereocenters. The maximum atomic E-state index is 12.2. The highest BCUT2D eigenvalue weighted by Gasteiger charge is 2.31. The Labute approximate surface area is 171 Å². The zero-order valence-corrected chi connectivity index (χ0v) is 16.6. The van der Waals surface area contributed by atoms with Crippen LogP contribution in [0.25, 0.3) is 11.0 Å². The quantitative estimate of drug-likeness (QED) is 0.455. The molecule has 0 radical (unpaired) electrons. The predicted octanol–water partition coefficient (Wildman–Crippen LogP) is 3.74. The van der Waals surface area contributed by atoms with Gasteiger partial charge in [-0.3, -0.25) is 9.98 Å². The molecule has 0 fully saturated rings. The van der Waals surface area contributed by atoms with Crippen LogP contribution < -0.4 is 10.5 Å². The van der Waals surface area contributed by atoms with Gasteiger partial charge < -0.3 is 10.5 Å². The fourth-order valence-corrected chi connectivity index (χ4v) is 2.77. The van der Waals surface area contributed by atoms with Crippen LogP contribution in [-0.2, 0) is 5.54 Å². The highest BCUT2D eigenvalue weighted by Crippen LogP contribution is 2.23. The Bertz CT molecular complexity index is 1100. The normalized spacial score (nSPS) is 14.4. The van der Waals surface area contributed by atoms with E-state index < -0.39 is 11.9 Å². The van der Waals surface area contributed by atoms with Crippen molar-refractivity contribution in [2.24, 2.45) is 10.7 Å². The van der Waals surface area contributed by atoms with Gasteiger partial charge in [0.05, 0.1) is 18.8 Å². The fraction of sp³-hybridized carbons (Fsp3) is 0.222. The molecule has 29 heavy (non-hydrogen) atoms. The minimum atomic E-state index is -4.77. The third kappa shape index (κ3) is 4.83. The topological polar surface area (TPSA) is 102 Å². The Hall–Kier alpha value is -3.13. The van der Waals surface area contributed by atoms with E-state index >= 15 is 0 Å². The standard InChI is InChI=1S/C18H14BrF3N6O/c1-17(9-23,28-8-15-14(27-28)6-12(19)7-25-15)10-26-16(24)11-2-4-13(5-3-11)29-18(20,21)22/h2-8H,10H2,1H3,(H2,24,26).